The van der Waals surface area contributed by atoms with E-state index in [0.29, 0.717) is 0 Å². The van der Waals surface area contributed by atoms with Gasteiger partial charge in [0.05, 0.1) is 0 Å². The maximum Gasteiger partial charge on any atom is 2.00 e. The summed E-state index contributed by atoms with van der Waals surface area (Å²) < 4.78 is 0. The molecule has 6 heteroatoms. The largest absolute Gasteiger partial charge is 2.00 e. The molecule has 0 atom stereocenters. The zero-order valence-electron chi connectivity index (χ0n) is 3.84. The molecule has 0 amide bonds. The maximum atomic E-state index is 0. The Morgan fingerprint density at radius 2 is 0.667 bits per heavy atom. The summed E-state index contributed by atoms with van der Waals surface area (Å²) >= 11 is 0. The average Bonchev–Trinajstić information content (AvgIpc) is 0. The van der Waals surface area contributed by atoms with Crippen LogP contribution in [0.2, 0.25) is 0 Å². The molecule has 0 nitrogen and oxygen atoms in total. The molecule has 0 aliphatic heterocycles. The topological polar surface area (TPSA) is 0 Å². The van der Waals surface area contributed by atoms with Gasteiger partial charge in [0.25, 0.3) is 0 Å². The average molecular weight is 193 g/mol. The van der Waals surface area contributed by atoms with Crippen LogP contribution in [0.1, 0.15) is 0 Å². The predicted octanol–water partition coefficient (Wildman–Crippen LogP) is -15.4. The van der Waals surface area contributed by atoms with Crippen LogP contribution in [-0.4, -0.2) is 23.1 Å². The third-order valence-electron chi connectivity index (χ3n) is 0. The Morgan fingerprint density at radius 3 is 0.667 bits per heavy atom. The van der Waals surface area contributed by atoms with E-state index < -0.39 is 0 Å². The van der Waals surface area contributed by atoms with Gasteiger partial charge in [0.1, 0.15) is 0 Å². The van der Waals surface area contributed by atoms with Gasteiger partial charge in [-0.15, -0.1) is 0 Å². The van der Waals surface area contributed by atoms with E-state index in [4.69, 9.17) is 0 Å². The zero-order valence-corrected chi connectivity index (χ0v) is 12.6. The molecule has 0 radical (unpaired) electrons. The summed E-state index contributed by atoms with van der Waals surface area (Å²) in [5, 5.41) is 0. The minimum Gasteiger partial charge on any atom is -1.00 e. The fraction of sp³-hybridized carbons (Fsp3) is 0. The Labute approximate surface area is 137 Å². The summed E-state index contributed by atoms with van der Waals surface area (Å²) in [7, 11) is 0. The molecule has 0 aliphatic carbocycles. The van der Waals surface area contributed by atoms with Crippen LogP contribution in [0.25, 0.3) is 0 Å². The first-order valence-corrected chi connectivity index (χ1v) is 0. The molecule has 0 rings (SSSR count). The second-order valence-corrected chi connectivity index (χ2v) is 0. The molecule has 6 heavy (non-hydrogen) atoms. The minimum atomic E-state index is 0. The van der Waals surface area contributed by atoms with Crippen LogP contribution in [0.4, 0.5) is 0 Å². The molecule has 0 spiro atoms. The standard InChI is InChI=1S/3ClH.K.Mg.Na/h3*1H;;;/q;;;+1;+2;+1/p-3. The van der Waals surface area contributed by atoms with E-state index in [-0.39, 0.29) is 141 Å². The summed E-state index contributed by atoms with van der Waals surface area (Å²) in [5.74, 6) is 0. The fourth-order valence-electron chi connectivity index (χ4n) is 0. The Balaban J connectivity index is 0. The van der Waals surface area contributed by atoms with Crippen LogP contribution in [0.5, 0.6) is 0 Å². The van der Waals surface area contributed by atoms with Crippen molar-refractivity contribution in [2.24, 2.45) is 0 Å². The fourth-order valence-corrected chi connectivity index (χ4v) is 0. The monoisotopic (exact) mass is 191 g/mol. The van der Waals surface area contributed by atoms with Crippen molar-refractivity contribution >= 4 is 23.1 Å². The van der Waals surface area contributed by atoms with E-state index in [9.17, 15) is 0 Å². The van der Waals surface area contributed by atoms with Crippen molar-refractivity contribution in [2.45, 2.75) is 0 Å². The molecule has 0 aromatic rings. The molecule has 0 aliphatic rings. The van der Waals surface area contributed by atoms with Crippen molar-refractivity contribution < 1.29 is 118 Å². The zero-order chi connectivity index (χ0) is 0. The first-order chi connectivity index (χ1) is 0. The van der Waals surface area contributed by atoms with E-state index in [1.54, 1.807) is 0 Å². The van der Waals surface area contributed by atoms with Crippen molar-refractivity contribution in [3.05, 3.63) is 0 Å². The van der Waals surface area contributed by atoms with Crippen LogP contribution < -0.4 is 118 Å². The number of hydrogen-bond donors (Lipinski definition) is 0. The van der Waals surface area contributed by atoms with Gasteiger partial charge in [-0.1, -0.05) is 0 Å². The van der Waals surface area contributed by atoms with Crippen LogP contribution in [0, 0.1) is 0 Å². The molecular formula is Cl3KMgNa+. The summed E-state index contributed by atoms with van der Waals surface area (Å²) in [6.45, 7) is 0. The van der Waals surface area contributed by atoms with Gasteiger partial charge >= 0.3 is 104 Å². The van der Waals surface area contributed by atoms with E-state index in [1.165, 1.54) is 0 Å². The van der Waals surface area contributed by atoms with Crippen molar-refractivity contribution in [3.63, 3.8) is 0 Å². The van der Waals surface area contributed by atoms with Gasteiger partial charge in [0.15, 0.2) is 0 Å². The Morgan fingerprint density at radius 1 is 0.667 bits per heavy atom. The van der Waals surface area contributed by atoms with Crippen LogP contribution in [0.3, 0.4) is 0 Å². The van der Waals surface area contributed by atoms with Gasteiger partial charge in [-0.3, -0.25) is 0 Å². The number of halogens is 3. The van der Waals surface area contributed by atoms with E-state index >= 15 is 0 Å². The number of rotatable bonds is 0. The molecular weight excluding hydrogens is 193 g/mol. The smallest absolute Gasteiger partial charge is 1.00 e. The second-order valence-electron chi connectivity index (χ2n) is 0. The van der Waals surface area contributed by atoms with Crippen molar-refractivity contribution in [3.8, 4) is 0 Å². The summed E-state index contributed by atoms with van der Waals surface area (Å²) in [6.07, 6.45) is 0. The second kappa shape index (κ2) is 34.8. The molecule has 0 fully saturated rings. The van der Waals surface area contributed by atoms with E-state index in [1.807, 2.05) is 0 Å². The third kappa shape index (κ3) is 24.0. The molecule has 0 aromatic heterocycles. The van der Waals surface area contributed by atoms with Gasteiger partial charge in [0, 0.05) is 0 Å². The summed E-state index contributed by atoms with van der Waals surface area (Å²) in [4.78, 5) is 0. The normalized spacial score (nSPS) is 0. The molecule has 0 saturated heterocycles. The molecule has 0 heterocycles. The van der Waals surface area contributed by atoms with Crippen LogP contribution in [-0.2, 0) is 0 Å². The summed E-state index contributed by atoms with van der Waals surface area (Å²) in [5.41, 5.74) is 0. The molecule has 0 bridgehead atoms. The van der Waals surface area contributed by atoms with Crippen LogP contribution in [0.15, 0.2) is 0 Å². The third-order valence-corrected chi connectivity index (χ3v) is 0. The van der Waals surface area contributed by atoms with Crippen LogP contribution >= 0.6 is 0 Å². The van der Waals surface area contributed by atoms with E-state index in [0.717, 1.165) is 0 Å². The Bertz CT molecular complexity index is 10.8. The summed E-state index contributed by atoms with van der Waals surface area (Å²) in [6, 6.07) is 0. The number of hydrogen-bond acceptors (Lipinski definition) is 0. The molecule has 0 unspecified atom stereocenters. The van der Waals surface area contributed by atoms with Gasteiger partial charge in [-0.25, -0.2) is 0 Å². The van der Waals surface area contributed by atoms with Gasteiger partial charge in [0.2, 0.25) is 0 Å². The van der Waals surface area contributed by atoms with Gasteiger partial charge < -0.3 is 37.2 Å². The quantitative estimate of drug-likeness (QED) is 0.335. The predicted molar refractivity (Wildman–Crippen MR) is 5.75 cm³/mol. The van der Waals surface area contributed by atoms with Crippen molar-refractivity contribution in [1.82, 2.24) is 0 Å². The molecule has 0 saturated carbocycles. The SMILES string of the molecule is [Cl-].[Cl-].[Cl-].[K+].[Mg+2].[Na+]. The van der Waals surface area contributed by atoms with Crippen molar-refractivity contribution in [1.29, 1.82) is 0 Å². The first-order valence-electron chi connectivity index (χ1n) is 0. The minimum absolute atomic E-state index is 0. The van der Waals surface area contributed by atoms with Crippen molar-refractivity contribution in [2.75, 3.05) is 0 Å². The van der Waals surface area contributed by atoms with E-state index in [2.05, 4.69) is 0 Å². The molecule has 0 aromatic carbocycles. The molecule has 24 valence electrons. The Hall–Kier alpha value is 4.27. The van der Waals surface area contributed by atoms with Gasteiger partial charge in [-0.2, -0.15) is 0 Å². The molecule has 0 N–H and O–H groups in total. The maximum absolute atomic E-state index is 0. The Kier molecular flexibility index (Phi) is 280. The first kappa shape index (κ1) is 48.4. The van der Waals surface area contributed by atoms with Gasteiger partial charge in [-0.05, 0) is 0 Å².